The third-order valence-electron chi connectivity index (χ3n) is 4.38. The summed E-state index contributed by atoms with van der Waals surface area (Å²) in [6, 6.07) is 15.5. The highest BCUT2D eigenvalue weighted by molar-refractivity contribution is 6.30. The molecule has 0 aliphatic heterocycles. The Morgan fingerprint density at radius 2 is 1.81 bits per heavy atom. The number of para-hydroxylation sites is 1. The second-order valence-electron chi connectivity index (χ2n) is 5.97. The maximum Gasteiger partial charge on any atom is 0.181 e. The van der Waals surface area contributed by atoms with Crippen LogP contribution in [0.1, 0.15) is 0 Å². The Morgan fingerprint density at radius 1 is 1.00 bits per heavy atom. The summed E-state index contributed by atoms with van der Waals surface area (Å²) < 4.78 is 1.68. The van der Waals surface area contributed by atoms with Gasteiger partial charge in [0, 0.05) is 27.7 Å². The number of benzene rings is 2. The largest absolute Gasteiger partial charge is 0.382 e. The highest BCUT2D eigenvalue weighted by atomic mass is 35.5. The van der Waals surface area contributed by atoms with E-state index in [0.29, 0.717) is 16.7 Å². The molecule has 2 aromatic carbocycles. The van der Waals surface area contributed by atoms with Crippen molar-refractivity contribution in [3.8, 4) is 16.9 Å². The summed E-state index contributed by atoms with van der Waals surface area (Å²) in [5.74, 6) is 1.08. The molecule has 6 nitrogen and oxygen atoms in total. The number of nitrogens with two attached hydrogens (primary N) is 1. The van der Waals surface area contributed by atoms with Gasteiger partial charge in [0.2, 0.25) is 0 Å². The molecule has 0 fully saturated rings. The Labute approximate surface area is 153 Å². The van der Waals surface area contributed by atoms with Gasteiger partial charge >= 0.3 is 0 Å². The predicted molar refractivity (Wildman–Crippen MR) is 103 cm³/mol. The van der Waals surface area contributed by atoms with Gasteiger partial charge in [-0.25, -0.2) is 14.6 Å². The van der Waals surface area contributed by atoms with Crippen LogP contribution in [0.4, 0.5) is 5.82 Å². The minimum Gasteiger partial charge on any atom is -0.382 e. The number of nitrogens with one attached hydrogen (secondary N) is 1. The molecule has 0 saturated heterocycles. The number of fused-ring (bicyclic) bond motifs is 3. The number of nitrogen functional groups attached to an aromatic ring is 1. The number of nitrogens with zero attached hydrogens (tertiary/aromatic N) is 4. The molecule has 0 amide bonds. The fourth-order valence-electron chi connectivity index (χ4n) is 3.15. The molecule has 3 heterocycles. The first-order valence-corrected chi connectivity index (χ1v) is 8.41. The molecule has 0 aliphatic rings. The number of rotatable bonds is 2. The second kappa shape index (κ2) is 5.57. The lowest BCUT2D eigenvalue weighted by molar-refractivity contribution is 0.853. The second-order valence-corrected chi connectivity index (χ2v) is 6.41. The molecule has 7 heteroatoms. The van der Waals surface area contributed by atoms with Crippen LogP contribution in [0.15, 0.2) is 61.1 Å². The average Bonchev–Trinajstić information content (AvgIpc) is 3.23. The minimum absolute atomic E-state index is 0.426. The van der Waals surface area contributed by atoms with E-state index in [2.05, 4.69) is 20.1 Å². The molecule has 3 N–H and O–H groups in total. The quantitative estimate of drug-likeness (QED) is 0.494. The van der Waals surface area contributed by atoms with Crippen molar-refractivity contribution < 1.29 is 0 Å². The third-order valence-corrected chi connectivity index (χ3v) is 4.64. The minimum atomic E-state index is 0.426. The summed E-state index contributed by atoms with van der Waals surface area (Å²) in [6.07, 6.45) is 3.41. The number of halogens is 1. The van der Waals surface area contributed by atoms with E-state index >= 15 is 0 Å². The van der Waals surface area contributed by atoms with Crippen LogP contribution in [-0.4, -0.2) is 24.7 Å². The van der Waals surface area contributed by atoms with Crippen LogP contribution in [0.5, 0.6) is 0 Å². The lowest BCUT2D eigenvalue weighted by Gasteiger charge is -2.01. The van der Waals surface area contributed by atoms with Crippen molar-refractivity contribution >= 4 is 39.4 Å². The Balaban J connectivity index is 1.71. The first-order chi connectivity index (χ1) is 12.7. The zero-order valence-corrected chi connectivity index (χ0v) is 14.3. The van der Waals surface area contributed by atoms with Crippen molar-refractivity contribution in [2.45, 2.75) is 0 Å². The molecular weight excluding hydrogens is 348 g/mol. The van der Waals surface area contributed by atoms with Crippen LogP contribution >= 0.6 is 11.6 Å². The fraction of sp³-hybridized carbons (Fsp3) is 0. The van der Waals surface area contributed by atoms with Crippen molar-refractivity contribution in [3.63, 3.8) is 0 Å². The molecule has 0 spiro atoms. The van der Waals surface area contributed by atoms with Crippen molar-refractivity contribution in [2.75, 3.05) is 5.73 Å². The zero-order valence-electron chi connectivity index (χ0n) is 13.5. The standard InChI is InChI=1S/C19H13ClN6/c20-12-7-5-11(6-8-12)14-9-26(25-18(14)21)19-17-16(22-10-23-19)13-3-1-2-4-15(13)24-17/h1-10,24H,(H2,21,25). The van der Waals surface area contributed by atoms with Crippen LogP contribution in [-0.2, 0) is 0 Å². The highest BCUT2D eigenvalue weighted by Gasteiger charge is 2.15. The van der Waals surface area contributed by atoms with E-state index in [-0.39, 0.29) is 0 Å². The van der Waals surface area contributed by atoms with E-state index < -0.39 is 0 Å². The van der Waals surface area contributed by atoms with Gasteiger partial charge in [-0.2, -0.15) is 0 Å². The number of hydrogen-bond acceptors (Lipinski definition) is 4. The lowest BCUT2D eigenvalue weighted by Crippen LogP contribution is -2.00. The van der Waals surface area contributed by atoms with Gasteiger partial charge in [0.25, 0.3) is 0 Å². The molecule has 5 aromatic rings. The monoisotopic (exact) mass is 360 g/mol. The molecule has 26 heavy (non-hydrogen) atoms. The van der Waals surface area contributed by atoms with Gasteiger partial charge in [-0.3, -0.25) is 0 Å². The molecule has 0 unspecified atom stereocenters. The average molecular weight is 361 g/mol. The maximum atomic E-state index is 6.15. The normalized spacial score (nSPS) is 11.4. The summed E-state index contributed by atoms with van der Waals surface area (Å²) in [5, 5.41) is 6.17. The number of anilines is 1. The highest BCUT2D eigenvalue weighted by Crippen LogP contribution is 2.30. The molecule has 0 aliphatic carbocycles. The number of H-pyrrole nitrogens is 1. The van der Waals surface area contributed by atoms with E-state index in [1.807, 2.05) is 54.7 Å². The van der Waals surface area contributed by atoms with Gasteiger partial charge in [0.05, 0.1) is 0 Å². The van der Waals surface area contributed by atoms with Gasteiger partial charge in [0.1, 0.15) is 17.4 Å². The topological polar surface area (TPSA) is 85.4 Å². The Hall–Kier alpha value is -3.38. The van der Waals surface area contributed by atoms with Crippen molar-refractivity contribution in [1.29, 1.82) is 0 Å². The number of aromatic nitrogens is 5. The van der Waals surface area contributed by atoms with Gasteiger partial charge < -0.3 is 10.7 Å². The van der Waals surface area contributed by atoms with Crippen molar-refractivity contribution in [1.82, 2.24) is 24.7 Å². The van der Waals surface area contributed by atoms with Gasteiger partial charge in [0.15, 0.2) is 11.6 Å². The van der Waals surface area contributed by atoms with E-state index in [4.69, 9.17) is 17.3 Å². The lowest BCUT2D eigenvalue weighted by atomic mass is 10.1. The Morgan fingerprint density at radius 3 is 2.65 bits per heavy atom. The fourth-order valence-corrected chi connectivity index (χ4v) is 3.28. The van der Waals surface area contributed by atoms with E-state index in [1.54, 1.807) is 4.68 Å². The molecular formula is C19H13ClN6. The van der Waals surface area contributed by atoms with Crippen molar-refractivity contribution in [2.24, 2.45) is 0 Å². The van der Waals surface area contributed by atoms with Gasteiger partial charge in [-0.05, 0) is 23.8 Å². The molecule has 0 bridgehead atoms. The van der Waals surface area contributed by atoms with Crippen molar-refractivity contribution in [3.05, 3.63) is 66.1 Å². The van der Waals surface area contributed by atoms with Crippen LogP contribution < -0.4 is 5.73 Å². The summed E-state index contributed by atoms with van der Waals surface area (Å²) in [7, 11) is 0. The first kappa shape index (κ1) is 14.9. The summed E-state index contributed by atoms with van der Waals surface area (Å²) >= 11 is 5.97. The Kier molecular flexibility index (Phi) is 3.20. The van der Waals surface area contributed by atoms with Gasteiger partial charge in [-0.1, -0.05) is 41.9 Å². The zero-order chi connectivity index (χ0) is 17.7. The summed E-state index contributed by atoms with van der Waals surface area (Å²) in [5.41, 5.74) is 10.6. The smallest absolute Gasteiger partial charge is 0.181 e. The van der Waals surface area contributed by atoms with E-state index in [0.717, 1.165) is 33.1 Å². The molecule has 126 valence electrons. The molecule has 0 saturated carbocycles. The Bertz CT molecular complexity index is 1250. The molecule has 0 atom stereocenters. The molecule has 3 aromatic heterocycles. The van der Waals surface area contributed by atoms with E-state index in [9.17, 15) is 0 Å². The summed E-state index contributed by atoms with van der Waals surface area (Å²) in [6.45, 7) is 0. The number of hydrogen-bond donors (Lipinski definition) is 2. The summed E-state index contributed by atoms with van der Waals surface area (Å²) in [4.78, 5) is 12.2. The SMILES string of the molecule is Nc1nn(-c2ncnc3c2[nH]c2ccccc23)cc1-c1ccc(Cl)cc1. The molecule has 0 radical (unpaired) electrons. The molecule has 5 rings (SSSR count). The van der Waals surface area contributed by atoms with Crippen LogP contribution in [0, 0.1) is 0 Å². The third kappa shape index (κ3) is 2.23. The van der Waals surface area contributed by atoms with Crippen LogP contribution in [0.25, 0.3) is 38.9 Å². The number of aromatic amines is 1. The predicted octanol–water partition coefficient (Wildman–Crippen LogP) is 4.20. The van der Waals surface area contributed by atoms with E-state index in [1.165, 1.54) is 6.33 Å². The maximum absolute atomic E-state index is 6.15. The first-order valence-electron chi connectivity index (χ1n) is 8.03. The van der Waals surface area contributed by atoms with Crippen LogP contribution in [0.2, 0.25) is 5.02 Å². The van der Waals surface area contributed by atoms with Crippen LogP contribution in [0.3, 0.4) is 0 Å². The van der Waals surface area contributed by atoms with Gasteiger partial charge in [-0.15, -0.1) is 5.10 Å².